The summed E-state index contributed by atoms with van der Waals surface area (Å²) in [4.78, 5) is 32.1. The molecule has 190 valence electrons. The van der Waals surface area contributed by atoms with Gasteiger partial charge < -0.3 is 20.4 Å². The predicted octanol–water partition coefficient (Wildman–Crippen LogP) is 4.48. The zero-order valence-corrected chi connectivity index (χ0v) is 21.8. The third-order valence-corrected chi connectivity index (χ3v) is 7.13. The van der Waals surface area contributed by atoms with Gasteiger partial charge in [0.25, 0.3) is 5.91 Å². The fourth-order valence-corrected chi connectivity index (χ4v) is 4.81. The molecule has 0 unspecified atom stereocenters. The molecule has 2 aliphatic rings. The molecule has 2 amide bonds. The van der Waals surface area contributed by atoms with Gasteiger partial charge in [-0.2, -0.15) is 0 Å². The van der Waals surface area contributed by atoms with E-state index in [1.807, 2.05) is 67.7 Å². The summed E-state index contributed by atoms with van der Waals surface area (Å²) in [7, 11) is 3.91. The zero-order valence-electron chi connectivity index (χ0n) is 21.0. The van der Waals surface area contributed by atoms with Gasteiger partial charge in [-0.1, -0.05) is 48.0 Å². The van der Waals surface area contributed by atoms with Gasteiger partial charge in [0.2, 0.25) is 5.91 Å². The molecule has 7 nitrogen and oxygen atoms in total. The Balaban J connectivity index is 1.38. The standard InChI is InChI=1S/C29H30ClN5O2/c1-33-14-16-35(17-15-33)19-26(36)34(2)23-11-9-22(10-12-23)31-28(20-6-4-3-5-7-20)27-24-13-8-21(30)18-25(24)32-29(27)37/h3-13,18,31H,14-17,19H2,1-2H3,(H,32,37). The number of hydrogen-bond donors (Lipinski definition) is 2. The van der Waals surface area contributed by atoms with Crippen LogP contribution in [0.25, 0.3) is 11.3 Å². The van der Waals surface area contributed by atoms with Crippen LogP contribution in [0.2, 0.25) is 5.02 Å². The Morgan fingerprint density at radius 1 is 1.00 bits per heavy atom. The number of carbonyl (C=O) groups is 2. The zero-order chi connectivity index (χ0) is 25.9. The van der Waals surface area contributed by atoms with Gasteiger partial charge in [-0.25, -0.2) is 0 Å². The number of fused-ring (bicyclic) bond motifs is 1. The number of benzene rings is 3. The van der Waals surface area contributed by atoms with Crippen LogP contribution in [-0.4, -0.2) is 68.4 Å². The van der Waals surface area contributed by atoms with Crippen LogP contribution in [0.5, 0.6) is 0 Å². The van der Waals surface area contributed by atoms with E-state index in [4.69, 9.17) is 11.6 Å². The van der Waals surface area contributed by atoms with Gasteiger partial charge in [0.1, 0.15) is 0 Å². The summed E-state index contributed by atoms with van der Waals surface area (Å²) in [6, 6.07) is 22.8. The van der Waals surface area contributed by atoms with Crippen LogP contribution in [0.3, 0.4) is 0 Å². The van der Waals surface area contributed by atoms with Crippen LogP contribution in [0, 0.1) is 0 Å². The SMILES string of the molecule is CN1CCN(CC(=O)N(C)c2ccc(NC(=C3C(=O)Nc4cc(Cl)ccc43)c3ccccc3)cc2)CC1. The molecule has 0 atom stereocenters. The average Bonchev–Trinajstić information content (AvgIpc) is 3.23. The van der Waals surface area contributed by atoms with Crippen molar-refractivity contribution in [1.82, 2.24) is 9.80 Å². The normalized spacial score (nSPS) is 17.2. The second-order valence-electron chi connectivity index (χ2n) is 9.46. The predicted molar refractivity (Wildman–Crippen MR) is 151 cm³/mol. The highest BCUT2D eigenvalue weighted by atomic mass is 35.5. The van der Waals surface area contributed by atoms with Crippen LogP contribution in [-0.2, 0) is 9.59 Å². The van der Waals surface area contributed by atoms with Crippen molar-refractivity contribution in [3.05, 3.63) is 88.9 Å². The summed E-state index contributed by atoms with van der Waals surface area (Å²) in [5.41, 5.74) is 5.26. The van der Waals surface area contributed by atoms with E-state index in [-0.39, 0.29) is 11.8 Å². The number of halogens is 1. The Bertz CT molecular complexity index is 1330. The highest BCUT2D eigenvalue weighted by Crippen LogP contribution is 2.38. The number of carbonyl (C=O) groups excluding carboxylic acids is 2. The first-order valence-electron chi connectivity index (χ1n) is 12.3. The lowest BCUT2D eigenvalue weighted by atomic mass is 10.00. The Hall–Kier alpha value is -3.65. The highest BCUT2D eigenvalue weighted by Gasteiger charge is 2.28. The van der Waals surface area contributed by atoms with Crippen LogP contribution in [0.15, 0.2) is 72.8 Å². The smallest absolute Gasteiger partial charge is 0.258 e. The largest absolute Gasteiger partial charge is 0.354 e. The lowest BCUT2D eigenvalue weighted by Gasteiger charge is -2.32. The van der Waals surface area contributed by atoms with Crippen molar-refractivity contribution in [2.45, 2.75) is 0 Å². The first-order valence-corrected chi connectivity index (χ1v) is 12.7. The lowest BCUT2D eigenvalue weighted by molar-refractivity contribution is -0.119. The monoisotopic (exact) mass is 515 g/mol. The molecule has 2 N–H and O–H groups in total. The maximum absolute atomic E-state index is 13.0. The summed E-state index contributed by atoms with van der Waals surface area (Å²) in [5, 5.41) is 6.95. The Morgan fingerprint density at radius 2 is 1.70 bits per heavy atom. The molecular weight excluding hydrogens is 486 g/mol. The molecule has 37 heavy (non-hydrogen) atoms. The number of piperazine rings is 1. The van der Waals surface area contributed by atoms with Crippen molar-refractivity contribution in [2.24, 2.45) is 0 Å². The first kappa shape index (κ1) is 25.0. The molecule has 0 spiro atoms. The van der Waals surface area contributed by atoms with E-state index in [2.05, 4.69) is 27.5 Å². The van der Waals surface area contributed by atoms with E-state index < -0.39 is 0 Å². The van der Waals surface area contributed by atoms with E-state index in [1.54, 1.807) is 17.0 Å². The lowest BCUT2D eigenvalue weighted by Crippen LogP contribution is -2.48. The number of likely N-dealkylation sites (N-methyl/N-ethyl adjacent to an activating group) is 2. The van der Waals surface area contributed by atoms with Crippen molar-refractivity contribution in [3.63, 3.8) is 0 Å². The van der Waals surface area contributed by atoms with Crippen molar-refractivity contribution in [2.75, 3.05) is 62.4 Å². The number of amides is 2. The molecule has 5 rings (SSSR count). The molecule has 3 aromatic carbocycles. The van der Waals surface area contributed by atoms with E-state index in [0.717, 1.165) is 48.7 Å². The highest BCUT2D eigenvalue weighted by molar-refractivity contribution is 6.38. The number of rotatable bonds is 6. The maximum Gasteiger partial charge on any atom is 0.258 e. The fraction of sp³-hybridized carbons (Fsp3) is 0.241. The van der Waals surface area contributed by atoms with E-state index in [9.17, 15) is 9.59 Å². The maximum atomic E-state index is 13.0. The van der Waals surface area contributed by atoms with E-state index in [1.165, 1.54) is 0 Å². The topological polar surface area (TPSA) is 67.9 Å². The van der Waals surface area contributed by atoms with Gasteiger partial charge in [0.05, 0.1) is 23.5 Å². The molecule has 0 radical (unpaired) electrons. The Kier molecular flexibility index (Phi) is 7.28. The molecule has 1 fully saturated rings. The molecular formula is C29H30ClN5O2. The van der Waals surface area contributed by atoms with Gasteiger partial charge in [0, 0.05) is 55.2 Å². The fourth-order valence-electron chi connectivity index (χ4n) is 4.64. The number of anilines is 3. The van der Waals surface area contributed by atoms with Crippen LogP contribution < -0.4 is 15.5 Å². The minimum absolute atomic E-state index is 0.0650. The van der Waals surface area contributed by atoms with Crippen molar-refractivity contribution >= 4 is 51.7 Å². The molecule has 0 bridgehead atoms. The number of nitrogens with one attached hydrogen (secondary N) is 2. The molecule has 0 aromatic heterocycles. The first-order chi connectivity index (χ1) is 17.9. The van der Waals surface area contributed by atoms with Crippen molar-refractivity contribution in [3.8, 4) is 0 Å². The number of hydrogen-bond acceptors (Lipinski definition) is 5. The summed E-state index contributed by atoms with van der Waals surface area (Å²) in [5.74, 6) is -0.121. The van der Waals surface area contributed by atoms with Crippen LogP contribution in [0.1, 0.15) is 11.1 Å². The van der Waals surface area contributed by atoms with Crippen LogP contribution in [0.4, 0.5) is 17.1 Å². The minimum atomic E-state index is -0.186. The van der Waals surface area contributed by atoms with Crippen LogP contribution >= 0.6 is 11.6 Å². The summed E-state index contributed by atoms with van der Waals surface area (Å²) >= 11 is 6.15. The van der Waals surface area contributed by atoms with E-state index >= 15 is 0 Å². The molecule has 8 heteroatoms. The molecule has 1 saturated heterocycles. The van der Waals surface area contributed by atoms with Crippen molar-refractivity contribution < 1.29 is 9.59 Å². The Labute approximate surface area is 222 Å². The minimum Gasteiger partial charge on any atom is -0.354 e. The average molecular weight is 516 g/mol. The van der Waals surface area contributed by atoms with Gasteiger partial charge in [0.15, 0.2) is 0 Å². The Morgan fingerprint density at radius 3 is 2.41 bits per heavy atom. The summed E-state index contributed by atoms with van der Waals surface area (Å²) < 4.78 is 0. The number of nitrogens with zero attached hydrogens (tertiary/aromatic N) is 3. The van der Waals surface area contributed by atoms with Gasteiger partial charge in [-0.3, -0.25) is 14.5 Å². The molecule has 0 saturated carbocycles. The second-order valence-corrected chi connectivity index (χ2v) is 9.90. The van der Waals surface area contributed by atoms with E-state index in [0.29, 0.717) is 28.5 Å². The van der Waals surface area contributed by atoms with Gasteiger partial charge in [-0.15, -0.1) is 0 Å². The summed E-state index contributed by atoms with van der Waals surface area (Å²) in [6.07, 6.45) is 0. The third kappa shape index (κ3) is 5.54. The molecule has 2 heterocycles. The van der Waals surface area contributed by atoms with Gasteiger partial charge >= 0.3 is 0 Å². The van der Waals surface area contributed by atoms with Gasteiger partial charge in [-0.05, 0) is 49.0 Å². The molecule has 2 aliphatic heterocycles. The third-order valence-electron chi connectivity index (χ3n) is 6.89. The van der Waals surface area contributed by atoms with Crippen molar-refractivity contribution in [1.29, 1.82) is 0 Å². The molecule has 0 aliphatic carbocycles. The summed E-state index contributed by atoms with van der Waals surface area (Å²) in [6.45, 7) is 4.17. The quantitative estimate of drug-likeness (QED) is 0.474. The molecule has 3 aromatic rings. The second kappa shape index (κ2) is 10.8.